The van der Waals surface area contributed by atoms with Gasteiger partial charge < -0.3 is 0 Å². The van der Waals surface area contributed by atoms with E-state index in [1.165, 1.54) is 24.8 Å². The third kappa shape index (κ3) is 1.56. The van der Waals surface area contributed by atoms with Gasteiger partial charge in [-0.3, -0.25) is 0 Å². The van der Waals surface area contributed by atoms with Gasteiger partial charge in [0.05, 0.1) is 0 Å². The maximum Gasteiger partial charge on any atom is -0.00910 e. The summed E-state index contributed by atoms with van der Waals surface area (Å²) in [6.45, 7) is 16.1. The molecule has 13 heavy (non-hydrogen) atoms. The minimum atomic E-state index is 0.377. The topological polar surface area (TPSA) is 0 Å². The Morgan fingerprint density at radius 3 is 2.31 bits per heavy atom. The van der Waals surface area contributed by atoms with E-state index in [1.807, 2.05) is 0 Å². The summed E-state index contributed by atoms with van der Waals surface area (Å²) in [6, 6.07) is 0. The predicted molar refractivity (Wildman–Crippen MR) is 59.7 cm³/mol. The fourth-order valence-electron chi connectivity index (χ4n) is 2.70. The monoisotopic (exact) mass is 180 g/mol. The maximum absolute atomic E-state index is 4.25. The number of allylic oxidation sites excluding steroid dienone is 1. The van der Waals surface area contributed by atoms with Gasteiger partial charge in [-0.05, 0) is 36.0 Å². The normalized spacial score (nSPS) is 39.2. The highest BCUT2D eigenvalue weighted by atomic mass is 14.5. The highest BCUT2D eigenvalue weighted by molar-refractivity contribution is 5.16. The van der Waals surface area contributed by atoms with E-state index < -0.39 is 0 Å². The summed E-state index contributed by atoms with van der Waals surface area (Å²) in [6.07, 6.45) is 3.76. The van der Waals surface area contributed by atoms with Crippen LogP contribution in [0.5, 0.6) is 0 Å². The van der Waals surface area contributed by atoms with Crippen molar-refractivity contribution in [2.45, 2.75) is 53.9 Å². The summed E-state index contributed by atoms with van der Waals surface area (Å²) >= 11 is 0. The molecule has 2 unspecified atom stereocenters. The lowest BCUT2D eigenvalue weighted by Gasteiger charge is -2.50. The highest BCUT2D eigenvalue weighted by Gasteiger charge is 2.44. The van der Waals surface area contributed by atoms with Crippen molar-refractivity contribution in [2.24, 2.45) is 16.7 Å². The lowest BCUT2D eigenvalue weighted by molar-refractivity contribution is 0.0579. The molecule has 1 rings (SSSR count). The van der Waals surface area contributed by atoms with Crippen LogP contribution in [0.25, 0.3) is 0 Å². The van der Waals surface area contributed by atoms with Crippen LogP contribution < -0.4 is 0 Å². The van der Waals surface area contributed by atoms with Crippen molar-refractivity contribution in [3.05, 3.63) is 12.2 Å². The smallest absolute Gasteiger partial charge is 0.00910 e. The summed E-state index contributed by atoms with van der Waals surface area (Å²) in [5.41, 5.74) is 2.34. The average molecular weight is 180 g/mol. The molecule has 0 spiro atoms. The molecule has 0 aromatic heterocycles. The first-order valence-corrected chi connectivity index (χ1v) is 5.53. The molecule has 0 aromatic rings. The van der Waals surface area contributed by atoms with Gasteiger partial charge in [-0.1, -0.05) is 46.8 Å². The van der Waals surface area contributed by atoms with Crippen molar-refractivity contribution in [2.75, 3.05) is 0 Å². The van der Waals surface area contributed by atoms with Gasteiger partial charge in [-0.15, -0.1) is 0 Å². The second-order valence-electron chi connectivity index (χ2n) is 5.58. The highest BCUT2D eigenvalue weighted by Crippen LogP contribution is 2.54. The molecule has 0 bridgehead atoms. The summed E-state index contributed by atoms with van der Waals surface area (Å²) in [4.78, 5) is 0. The molecule has 0 N–H and O–H groups in total. The van der Waals surface area contributed by atoms with E-state index in [4.69, 9.17) is 0 Å². The van der Waals surface area contributed by atoms with E-state index in [0.29, 0.717) is 10.8 Å². The zero-order valence-electron chi connectivity index (χ0n) is 9.91. The van der Waals surface area contributed by atoms with Gasteiger partial charge in [0.15, 0.2) is 0 Å². The van der Waals surface area contributed by atoms with Crippen molar-refractivity contribution >= 4 is 0 Å². The predicted octanol–water partition coefficient (Wildman–Crippen LogP) is 4.42. The molecule has 0 aromatic carbocycles. The van der Waals surface area contributed by atoms with Gasteiger partial charge in [0, 0.05) is 0 Å². The Hall–Kier alpha value is -0.260. The quantitative estimate of drug-likeness (QED) is 0.524. The molecule has 0 amide bonds. The van der Waals surface area contributed by atoms with E-state index >= 15 is 0 Å². The molecule has 1 aliphatic carbocycles. The Kier molecular flexibility index (Phi) is 2.62. The molecule has 76 valence electrons. The SMILES string of the molecule is C=C1CCC(C)(C)C(C)C1(C)CC. The summed E-state index contributed by atoms with van der Waals surface area (Å²) in [7, 11) is 0. The zero-order chi connectivity index (χ0) is 10.3. The van der Waals surface area contributed by atoms with E-state index in [0.717, 1.165) is 5.92 Å². The zero-order valence-corrected chi connectivity index (χ0v) is 9.91. The fraction of sp³-hybridized carbons (Fsp3) is 0.846. The molecule has 1 fully saturated rings. The average Bonchev–Trinajstić information content (AvgIpc) is 2.09. The molecule has 0 saturated heterocycles. The lowest BCUT2D eigenvalue weighted by atomic mass is 9.54. The molecule has 1 aliphatic rings. The van der Waals surface area contributed by atoms with Gasteiger partial charge in [0.1, 0.15) is 0 Å². The van der Waals surface area contributed by atoms with Crippen LogP contribution in [0.1, 0.15) is 53.9 Å². The Morgan fingerprint density at radius 2 is 1.92 bits per heavy atom. The van der Waals surface area contributed by atoms with Gasteiger partial charge >= 0.3 is 0 Å². The molecular formula is C13H24. The molecule has 2 atom stereocenters. The van der Waals surface area contributed by atoms with Gasteiger partial charge in [-0.25, -0.2) is 0 Å². The first-order chi connectivity index (χ1) is 5.84. The first-order valence-electron chi connectivity index (χ1n) is 5.53. The molecule has 0 heteroatoms. The number of hydrogen-bond donors (Lipinski definition) is 0. The van der Waals surface area contributed by atoms with Crippen molar-refractivity contribution in [1.29, 1.82) is 0 Å². The van der Waals surface area contributed by atoms with Crippen LogP contribution >= 0.6 is 0 Å². The maximum atomic E-state index is 4.25. The molecule has 0 heterocycles. The van der Waals surface area contributed by atoms with Crippen LogP contribution in [0.2, 0.25) is 0 Å². The van der Waals surface area contributed by atoms with E-state index in [-0.39, 0.29) is 0 Å². The second-order valence-corrected chi connectivity index (χ2v) is 5.58. The summed E-state index contributed by atoms with van der Waals surface area (Å²) in [5, 5.41) is 0. The van der Waals surface area contributed by atoms with Gasteiger partial charge in [0.25, 0.3) is 0 Å². The van der Waals surface area contributed by atoms with Crippen LogP contribution in [-0.2, 0) is 0 Å². The lowest BCUT2D eigenvalue weighted by Crippen LogP contribution is -2.41. The van der Waals surface area contributed by atoms with E-state index in [2.05, 4.69) is 41.2 Å². The Morgan fingerprint density at radius 1 is 1.38 bits per heavy atom. The Balaban J connectivity index is 2.98. The molecular weight excluding hydrogens is 156 g/mol. The summed E-state index contributed by atoms with van der Waals surface area (Å²) in [5.74, 6) is 0.756. The summed E-state index contributed by atoms with van der Waals surface area (Å²) < 4.78 is 0. The largest absolute Gasteiger partial charge is 0.0993 e. The minimum absolute atomic E-state index is 0.377. The van der Waals surface area contributed by atoms with Crippen LogP contribution in [0.15, 0.2) is 12.2 Å². The van der Waals surface area contributed by atoms with Crippen molar-refractivity contribution in [3.8, 4) is 0 Å². The van der Waals surface area contributed by atoms with Crippen LogP contribution in [0, 0.1) is 16.7 Å². The molecule has 0 nitrogen and oxygen atoms in total. The van der Waals surface area contributed by atoms with Crippen molar-refractivity contribution < 1.29 is 0 Å². The van der Waals surface area contributed by atoms with Crippen molar-refractivity contribution in [1.82, 2.24) is 0 Å². The Bertz CT molecular complexity index is 212. The second kappa shape index (κ2) is 3.15. The molecule has 0 aliphatic heterocycles. The van der Waals surface area contributed by atoms with Crippen molar-refractivity contribution in [3.63, 3.8) is 0 Å². The number of hydrogen-bond acceptors (Lipinski definition) is 0. The van der Waals surface area contributed by atoms with Gasteiger partial charge in [0.2, 0.25) is 0 Å². The molecule has 0 radical (unpaired) electrons. The van der Waals surface area contributed by atoms with Gasteiger partial charge in [-0.2, -0.15) is 0 Å². The third-order valence-corrected chi connectivity index (χ3v) is 4.74. The van der Waals surface area contributed by atoms with E-state index in [9.17, 15) is 0 Å². The van der Waals surface area contributed by atoms with Crippen LogP contribution in [0.4, 0.5) is 0 Å². The van der Waals surface area contributed by atoms with E-state index in [1.54, 1.807) is 0 Å². The van der Waals surface area contributed by atoms with Crippen LogP contribution in [-0.4, -0.2) is 0 Å². The third-order valence-electron chi connectivity index (χ3n) is 4.74. The number of rotatable bonds is 1. The fourth-order valence-corrected chi connectivity index (χ4v) is 2.70. The standard InChI is InChI=1S/C13H24/c1-7-13(6)10(2)8-9-12(4,5)11(13)3/h11H,2,7-9H2,1,3-6H3. The molecule has 1 saturated carbocycles. The first kappa shape index (κ1) is 10.8. The Labute approximate surface area is 83.4 Å². The van der Waals surface area contributed by atoms with Crippen LogP contribution in [0.3, 0.4) is 0 Å². The minimum Gasteiger partial charge on any atom is -0.0993 e.